The van der Waals surface area contributed by atoms with Crippen LogP contribution in [-0.2, 0) is 9.53 Å². The van der Waals surface area contributed by atoms with Gasteiger partial charge in [-0.1, -0.05) is 6.07 Å². The van der Waals surface area contributed by atoms with Crippen molar-refractivity contribution in [2.45, 2.75) is 18.9 Å². The van der Waals surface area contributed by atoms with E-state index >= 15 is 0 Å². The number of carbonyl (C=O) groups excluding carboxylic acids is 1. The number of halogens is 1. The van der Waals surface area contributed by atoms with Gasteiger partial charge in [0.15, 0.2) is 0 Å². The second-order valence-electron chi connectivity index (χ2n) is 5.62. The molecule has 122 valence electrons. The summed E-state index contributed by atoms with van der Waals surface area (Å²) in [7, 11) is 3.91. The highest BCUT2D eigenvalue weighted by atomic mass is 79.9. The third-order valence-electron chi connectivity index (χ3n) is 3.64. The molecule has 1 unspecified atom stereocenters. The van der Waals surface area contributed by atoms with Crippen molar-refractivity contribution in [1.29, 1.82) is 5.26 Å². The summed E-state index contributed by atoms with van der Waals surface area (Å²) < 4.78 is 6.37. The first-order valence-corrected chi connectivity index (χ1v) is 8.29. The standard InChI is InChI=1S/C17H20BrN3O2/c1-21(2)16-6-5-12(9-15(16)18)8-13(10-19)17(22)20-11-14-4-3-7-23-14/h5-6,8-9,14H,3-4,7,11H2,1-2H3,(H,20,22)/b13-8-. The minimum absolute atomic E-state index is 0.0624. The van der Waals surface area contributed by atoms with Crippen molar-refractivity contribution < 1.29 is 9.53 Å². The van der Waals surface area contributed by atoms with Gasteiger partial charge >= 0.3 is 0 Å². The van der Waals surface area contributed by atoms with Gasteiger partial charge in [0.2, 0.25) is 0 Å². The molecule has 23 heavy (non-hydrogen) atoms. The SMILES string of the molecule is CN(C)c1ccc(/C=C(/C#N)C(=O)NCC2CCCO2)cc1Br. The van der Waals surface area contributed by atoms with Crippen LogP contribution in [0.5, 0.6) is 0 Å². The molecule has 1 fully saturated rings. The Morgan fingerprint density at radius 3 is 2.91 bits per heavy atom. The van der Waals surface area contributed by atoms with E-state index in [0.717, 1.165) is 35.2 Å². The lowest BCUT2D eigenvalue weighted by Gasteiger charge is -2.14. The van der Waals surface area contributed by atoms with E-state index in [4.69, 9.17) is 4.74 Å². The van der Waals surface area contributed by atoms with E-state index in [1.54, 1.807) is 6.08 Å². The van der Waals surface area contributed by atoms with E-state index in [1.807, 2.05) is 43.3 Å². The zero-order valence-corrected chi connectivity index (χ0v) is 14.9. The zero-order valence-electron chi connectivity index (χ0n) is 13.3. The molecule has 6 heteroatoms. The van der Waals surface area contributed by atoms with Gasteiger partial charge < -0.3 is 15.0 Å². The number of benzene rings is 1. The first-order chi connectivity index (χ1) is 11.0. The van der Waals surface area contributed by atoms with Crippen LogP contribution in [0.4, 0.5) is 5.69 Å². The molecule has 0 aromatic heterocycles. The van der Waals surface area contributed by atoms with Gasteiger partial charge in [0.25, 0.3) is 5.91 Å². The van der Waals surface area contributed by atoms with Crippen LogP contribution < -0.4 is 10.2 Å². The summed E-state index contributed by atoms with van der Waals surface area (Å²) in [5.74, 6) is -0.365. The lowest BCUT2D eigenvalue weighted by molar-refractivity contribution is -0.117. The fourth-order valence-corrected chi connectivity index (χ4v) is 3.15. The largest absolute Gasteiger partial charge is 0.377 e. The van der Waals surface area contributed by atoms with Gasteiger partial charge in [-0.3, -0.25) is 4.79 Å². The summed E-state index contributed by atoms with van der Waals surface area (Å²) in [6.45, 7) is 1.19. The lowest BCUT2D eigenvalue weighted by atomic mass is 10.1. The molecule has 1 heterocycles. The smallest absolute Gasteiger partial charge is 0.262 e. The number of nitrogens with one attached hydrogen (secondary N) is 1. The van der Waals surface area contributed by atoms with Crippen LogP contribution in [-0.4, -0.2) is 39.3 Å². The highest BCUT2D eigenvalue weighted by molar-refractivity contribution is 9.10. The van der Waals surface area contributed by atoms with Gasteiger partial charge in [-0.25, -0.2) is 0 Å². The second kappa shape index (κ2) is 8.14. The van der Waals surface area contributed by atoms with Gasteiger partial charge in [0.1, 0.15) is 11.6 Å². The molecule has 0 spiro atoms. The predicted octanol–water partition coefficient (Wildman–Crippen LogP) is 2.72. The van der Waals surface area contributed by atoms with Crippen molar-refractivity contribution >= 4 is 33.6 Å². The van der Waals surface area contributed by atoms with Crippen molar-refractivity contribution in [2.75, 3.05) is 32.1 Å². The molecule has 1 aromatic carbocycles. The predicted molar refractivity (Wildman–Crippen MR) is 94.0 cm³/mol. The molecule has 1 aliphatic rings. The van der Waals surface area contributed by atoms with Crippen LogP contribution in [0, 0.1) is 11.3 Å². The number of ether oxygens (including phenoxy) is 1. The fraction of sp³-hybridized carbons (Fsp3) is 0.412. The monoisotopic (exact) mass is 377 g/mol. The molecule has 2 rings (SSSR count). The number of hydrogen-bond donors (Lipinski definition) is 1. The topological polar surface area (TPSA) is 65.4 Å². The van der Waals surface area contributed by atoms with Crippen LogP contribution in [0.1, 0.15) is 18.4 Å². The minimum Gasteiger partial charge on any atom is -0.377 e. The highest BCUT2D eigenvalue weighted by Gasteiger charge is 2.17. The summed E-state index contributed by atoms with van der Waals surface area (Å²) in [4.78, 5) is 14.1. The number of carbonyl (C=O) groups is 1. The average molecular weight is 378 g/mol. The van der Waals surface area contributed by atoms with Gasteiger partial charge in [-0.2, -0.15) is 5.26 Å². The highest BCUT2D eigenvalue weighted by Crippen LogP contribution is 2.26. The van der Waals surface area contributed by atoms with Crippen molar-refractivity contribution in [3.63, 3.8) is 0 Å². The maximum Gasteiger partial charge on any atom is 0.262 e. The first-order valence-electron chi connectivity index (χ1n) is 7.49. The Balaban J connectivity index is 2.06. The second-order valence-corrected chi connectivity index (χ2v) is 6.47. The Kier molecular flexibility index (Phi) is 6.20. The van der Waals surface area contributed by atoms with Crippen molar-refractivity contribution in [2.24, 2.45) is 0 Å². The van der Waals surface area contributed by atoms with Gasteiger partial charge in [0.05, 0.1) is 11.8 Å². The van der Waals surface area contributed by atoms with Gasteiger partial charge in [0, 0.05) is 31.7 Å². The quantitative estimate of drug-likeness (QED) is 0.632. The molecule has 0 aliphatic carbocycles. The molecule has 0 bridgehead atoms. The summed E-state index contributed by atoms with van der Waals surface area (Å²) in [5, 5.41) is 12.0. The molecule has 1 aromatic rings. The van der Waals surface area contributed by atoms with Crippen LogP contribution in [0.3, 0.4) is 0 Å². The van der Waals surface area contributed by atoms with Crippen molar-refractivity contribution in [1.82, 2.24) is 5.32 Å². The molecule has 5 nitrogen and oxygen atoms in total. The molecule has 1 amide bonds. The number of nitriles is 1. The third kappa shape index (κ3) is 4.81. The van der Waals surface area contributed by atoms with E-state index in [-0.39, 0.29) is 17.6 Å². The van der Waals surface area contributed by atoms with Gasteiger partial charge in [-0.05, 0) is 52.5 Å². The lowest BCUT2D eigenvalue weighted by Crippen LogP contribution is -2.32. The van der Waals surface area contributed by atoms with E-state index in [1.165, 1.54) is 0 Å². The molecule has 1 N–H and O–H groups in total. The number of nitrogens with zero attached hydrogens (tertiary/aromatic N) is 2. The van der Waals surface area contributed by atoms with E-state index in [2.05, 4.69) is 21.2 Å². The Hall–Kier alpha value is -1.84. The minimum atomic E-state index is -0.365. The molecule has 0 radical (unpaired) electrons. The molecule has 0 saturated carbocycles. The van der Waals surface area contributed by atoms with E-state index in [0.29, 0.717) is 6.54 Å². The number of amides is 1. The fourth-order valence-electron chi connectivity index (χ4n) is 2.40. The number of hydrogen-bond acceptors (Lipinski definition) is 4. The first kappa shape index (κ1) is 17.5. The summed E-state index contributed by atoms with van der Waals surface area (Å²) in [5.41, 5.74) is 1.92. The molecule has 1 aliphatic heterocycles. The normalized spacial score (nSPS) is 17.7. The van der Waals surface area contributed by atoms with Crippen LogP contribution in [0.25, 0.3) is 6.08 Å². The maximum atomic E-state index is 12.1. The maximum absolute atomic E-state index is 12.1. The van der Waals surface area contributed by atoms with Gasteiger partial charge in [-0.15, -0.1) is 0 Å². The average Bonchev–Trinajstić information content (AvgIpc) is 3.03. The Morgan fingerprint density at radius 1 is 1.57 bits per heavy atom. The molecular weight excluding hydrogens is 358 g/mol. The number of anilines is 1. The Bertz CT molecular complexity index is 644. The third-order valence-corrected chi connectivity index (χ3v) is 4.28. The summed E-state index contributed by atoms with van der Waals surface area (Å²) in [6, 6.07) is 7.67. The number of rotatable bonds is 5. The van der Waals surface area contributed by atoms with E-state index < -0.39 is 0 Å². The summed E-state index contributed by atoms with van der Waals surface area (Å²) in [6.07, 6.45) is 3.63. The van der Waals surface area contributed by atoms with Crippen molar-refractivity contribution in [3.05, 3.63) is 33.8 Å². The Labute approximate surface area is 145 Å². The van der Waals surface area contributed by atoms with Crippen LogP contribution >= 0.6 is 15.9 Å². The van der Waals surface area contributed by atoms with Crippen LogP contribution in [0.2, 0.25) is 0 Å². The molecular formula is C17H20BrN3O2. The summed E-state index contributed by atoms with van der Waals surface area (Å²) >= 11 is 3.50. The van der Waals surface area contributed by atoms with Crippen LogP contribution in [0.15, 0.2) is 28.2 Å². The molecule has 1 atom stereocenters. The van der Waals surface area contributed by atoms with E-state index in [9.17, 15) is 10.1 Å². The zero-order chi connectivity index (χ0) is 16.8. The molecule has 1 saturated heterocycles. The van der Waals surface area contributed by atoms with Crippen molar-refractivity contribution in [3.8, 4) is 6.07 Å². The Morgan fingerprint density at radius 2 is 2.35 bits per heavy atom.